The Kier molecular flexibility index (Phi) is 26.5. The zero-order valence-electron chi connectivity index (χ0n) is 22.8. The number of aliphatic carboxylic acids is 1. The highest BCUT2D eigenvalue weighted by atomic mass is 16.4. The molecule has 0 aromatic carbocycles. The maximum atomic E-state index is 10.4. The van der Waals surface area contributed by atoms with E-state index in [-0.39, 0.29) is 12.2 Å². The Morgan fingerprint density at radius 3 is 1.09 bits per heavy atom. The second-order valence-corrected chi connectivity index (χ2v) is 10.7. The summed E-state index contributed by atoms with van der Waals surface area (Å²) in [6, 6.07) is 0. The SMILES string of the molecule is CCCCCCCCCC(O)CCC(O)CCCCCCCCCCCCCCCCC(=O)O. The van der Waals surface area contributed by atoms with Gasteiger partial charge in [0.25, 0.3) is 0 Å². The van der Waals surface area contributed by atoms with E-state index in [0.717, 1.165) is 51.4 Å². The van der Waals surface area contributed by atoms with E-state index in [0.29, 0.717) is 6.42 Å². The van der Waals surface area contributed by atoms with Crippen LogP contribution in [-0.4, -0.2) is 33.5 Å². The Hall–Kier alpha value is -0.610. The first-order valence-electron chi connectivity index (χ1n) is 15.1. The average molecular weight is 485 g/mol. The number of carbonyl (C=O) groups is 1. The molecule has 0 fully saturated rings. The number of carboxylic acids is 1. The van der Waals surface area contributed by atoms with Crippen LogP contribution in [0, 0.1) is 0 Å². The molecule has 0 saturated carbocycles. The molecule has 34 heavy (non-hydrogen) atoms. The Labute approximate surface area is 212 Å². The lowest BCUT2D eigenvalue weighted by Gasteiger charge is -2.14. The molecule has 0 heterocycles. The van der Waals surface area contributed by atoms with Crippen molar-refractivity contribution in [1.82, 2.24) is 0 Å². The number of carboxylic acid groups (broad SMARTS) is 1. The first-order chi connectivity index (χ1) is 16.6. The van der Waals surface area contributed by atoms with Gasteiger partial charge in [-0.3, -0.25) is 4.79 Å². The second-order valence-electron chi connectivity index (χ2n) is 10.7. The Balaban J connectivity index is 3.25. The summed E-state index contributed by atoms with van der Waals surface area (Å²) in [7, 11) is 0. The third-order valence-electron chi connectivity index (χ3n) is 7.15. The van der Waals surface area contributed by atoms with Gasteiger partial charge in [-0.05, 0) is 32.1 Å². The summed E-state index contributed by atoms with van der Waals surface area (Å²) in [5, 5.41) is 28.9. The van der Waals surface area contributed by atoms with Crippen molar-refractivity contribution < 1.29 is 20.1 Å². The topological polar surface area (TPSA) is 77.8 Å². The number of aliphatic hydroxyl groups excluding tert-OH is 2. The molecule has 0 bridgehead atoms. The van der Waals surface area contributed by atoms with E-state index in [4.69, 9.17) is 5.11 Å². The van der Waals surface area contributed by atoms with Crippen LogP contribution in [0.4, 0.5) is 0 Å². The molecule has 0 spiro atoms. The van der Waals surface area contributed by atoms with Crippen molar-refractivity contribution in [1.29, 1.82) is 0 Å². The van der Waals surface area contributed by atoms with Crippen LogP contribution >= 0.6 is 0 Å². The van der Waals surface area contributed by atoms with Gasteiger partial charge in [0.15, 0.2) is 0 Å². The predicted molar refractivity (Wildman–Crippen MR) is 145 cm³/mol. The predicted octanol–water partition coefficient (Wildman–Crippen LogP) is 8.96. The second kappa shape index (κ2) is 27.0. The van der Waals surface area contributed by atoms with Gasteiger partial charge in [-0.25, -0.2) is 0 Å². The van der Waals surface area contributed by atoms with E-state index in [1.807, 2.05) is 0 Å². The summed E-state index contributed by atoms with van der Waals surface area (Å²) in [5.74, 6) is -0.669. The number of aliphatic hydroxyl groups is 2. The van der Waals surface area contributed by atoms with Crippen molar-refractivity contribution in [3.05, 3.63) is 0 Å². The van der Waals surface area contributed by atoms with E-state index in [1.54, 1.807) is 0 Å². The molecule has 0 aliphatic rings. The first-order valence-corrected chi connectivity index (χ1v) is 15.1. The standard InChI is InChI=1S/C30H60O4/c1-2-3-4-5-14-17-20-23-28(31)26-27-29(32)24-21-18-15-12-10-8-6-7-9-11-13-16-19-22-25-30(33)34/h28-29,31-32H,2-27H2,1H3,(H,33,34). The normalized spacial score (nSPS) is 13.3. The van der Waals surface area contributed by atoms with Crippen molar-refractivity contribution in [2.24, 2.45) is 0 Å². The highest BCUT2D eigenvalue weighted by Crippen LogP contribution is 2.17. The Morgan fingerprint density at radius 2 is 0.765 bits per heavy atom. The van der Waals surface area contributed by atoms with E-state index in [2.05, 4.69) is 6.92 Å². The summed E-state index contributed by atoms with van der Waals surface area (Å²) in [6.07, 6.45) is 29.4. The molecule has 2 atom stereocenters. The van der Waals surface area contributed by atoms with Gasteiger partial charge in [0.1, 0.15) is 0 Å². The number of rotatable bonds is 28. The van der Waals surface area contributed by atoms with Crippen molar-refractivity contribution >= 4 is 5.97 Å². The smallest absolute Gasteiger partial charge is 0.303 e. The van der Waals surface area contributed by atoms with Crippen LogP contribution < -0.4 is 0 Å². The minimum atomic E-state index is -0.669. The summed E-state index contributed by atoms with van der Waals surface area (Å²) >= 11 is 0. The largest absolute Gasteiger partial charge is 0.481 e. The number of unbranched alkanes of at least 4 members (excludes halogenated alkanes) is 19. The van der Waals surface area contributed by atoms with Gasteiger partial charge in [0, 0.05) is 6.42 Å². The van der Waals surface area contributed by atoms with Gasteiger partial charge in [-0.1, -0.05) is 135 Å². The van der Waals surface area contributed by atoms with Crippen LogP contribution in [0.25, 0.3) is 0 Å². The molecule has 204 valence electrons. The molecule has 4 nitrogen and oxygen atoms in total. The fourth-order valence-corrected chi connectivity index (χ4v) is 4.79. The number of hydrogen-bond donors (Lipinski definition) is 3. The fraction of sp³-hybridized carbons (Fsp3) is 0.967. The maximum absolute atomic E-state index is 10.4. The van der Waals surface area contributed by atoms with E-state index in [9.17, 15) is 15.0 Å². The molecule has 0 amide bonds. The monoisotopic (exact) mass is 484 g/mol. The van der Waals surface area contributed by atoms with E-state index in [1.165, 1.54) is 109 Å². The van der Waals surface area contributed by atoms with Gasteiger partial charge in [-0.15, -0.1) is 0 Å². The molecule has 0 aliphatic carbocycles. The third kappa shape index (κ3) is 27.6. The Morgan fingerprint density at radius 1 is 0.471 bits per heavy atom. The van der Waals surface area contributed by atoms with Crippen LogP contribution in [0.15, 0.2) is 0 Å². The lowest BCUT2D eigenvalue weighted by Crippen LogP contribution is -2.13. The van der Waals surface area contributed by atoms with Gasteiger partial charge in [0.2, 0.25) is 0 Å². The lowest BCUT2D eigenvalue weighted by molar-refractivity contribution is -0.137. The fourth-order valence-electron chi connectivity index (χ4n) is 4.79. The maximum Gasteiger partial charge on any atom is 0.303 e. The minimum absolute atomic E-state index is 0.228. The van der Waals surface area contributed by atoms with E-state index >= 15 is 0 Å². The molecule has 3 N–H and O–H groups in total. The Bertz CT molecular complexity index is 413. The summed E-state index contributed by atoms with van der Waals surface area (Å²) in [6.45, 7) is 2.25. The molecule has 0 radical (unpaired) electrons. The van der Waals surface area contributed by atoms with Crippen LogP contribution in [0.2, 0.25) is 0 Å². The summed E-state index contributed by atoms with van der Waals surface area (Å²) in [4.78, 5) is 10.4. The van der Waals surface area contributed by atoms with Crippen molar-refractivity contribution in [2.75, 3.05) is 0 Å². The molecule has 0 saturated heterocycles. The molecule has 0 rings (SSSR count). The number of hydrogen-bond acceptors (Lipinski definition) is 3. The molecule has 4 heteroatoms. The first kappa shape index (κ1) is 33.4. The van der Waals surface area contributed by atoms with E-state index < -0.39 is 5.97 Å². The molecular weight excluding hydrogens is 424 g/mol. The van der Waals surface area contributed by atoms with Gasteiger partial charge >= 0.3 is 5.97 Å². The molecule has 2 unspecified atom stereocenters. The van der Waals surface area contributed by atoms with Crippen molar-refractivity contribution in [3.8, 4) is 0 Å². The van der Waals surface area contributed by atoms with Crippen LogP contribution in [-0.2, 0) is 4.79 Å². The van der Waals surface area contributed by atoms with Crippen LogP contribution in [0.1, 0.15) is 174 Å². The molecule has 0 aromatic heterocycles. The molecular formula is C30H60O4. The highest BCUT2D eigenvalue weighted by Gasteiger charge is 2.09. The van der Waals surface area contributed by atoms with Crippen molar-refractivity contribution in [3.63, 3.8) is 0 Å². The minimum Gasteiger partial charge on any atom is -0.481 e. The van der Waals surface area contributed by atoms with Crippen LogP contribution in [0.5, 0.6) is 0 Å². The summed E-state index contributed by atoms with van der Waals surface area (Å²) < 4.78 is 0. The lowest BCUT2D eigenvalue weighted by atomic mass is 10.00. The van der Waals surface area contributed by atoms with Crippen LogP contribution in [0.3, 0.4) is 0 Å². The zero-order valence-corrected chi connectivity index (χ0v) is 22.8. The summed E-state index contributed by atoms with van der Waals surface area (Å²) in [5.41, 5.74) is 0. The van der Waals surface area contributed by atoms with Crippen molar-refractivity contribution in [2.45, 2.75) is 186 Å². The van der Waals surface area contributed by atoms with Gasteiger partial charge in [0.05, 0.1) is 12.2 Å². The quantitative estimate of drug-likeness (QED) is 0.0968. The third-order valence-corrected chi connectivity index (χ3v) is 7.15. The van der Waals surface area contributed by atoms with Gasteiger partial charge < -0.3 is 15.3 Å². The highest BCUT2D eigenvalue weighted by molar-refractivity contribution is 5.66. The van der Waals surface area contributed by atoms with Gasteiger partial charge in [-0.2, -0.15) is 0 Å². The average Bonchev–Trinajstić information content (AvgIpc) is 2.81. The zero-order chi connectivity index (χ0) is 25.1. The molecule has 0 aliphatic heterocycles. The molecule has 0 aromatic rings.